The molecule has 0 aromatic heterocycles. The molecule has 0 aliphatic rings. The zero-order chi connectivity index (χ0) is 19.1. The van der Waals surface area contributed by atoms with Crippen molar-refractivity contribution >= 4 is 29.1 Å². The lowest BCUT2D eigenvalue weighted by Crippen LogP contribution is -2.11. The Morgan fingerprint density at radius 3 is 2.30 bits per heavy atom. The molecule has 0 fully saturated rings. The van der Waals surface area contributed by atoms with E-state index in [4.69, 9.17) is 4.74 Å². The van der Waals surface area contributed by atoms with E-state index in [1.807, 2.05) is 42.5 Å². The summed E-state index contributed by atoms with van der Waals surface area (Å²) in [6, 6.07) is 23.6. The number of rotatable bonds is 7. The number of amides is 1. The predicted molar refractivity (Wildman–Crippen MR) is 109 cm³/mol. The summed E-state index contributed by atoms with van der Waals surface area (Å²) in [6.07, 6.45) is 0. The van der Waals surface area contributed by atoms with E-state index < -0.39 is 0 Å². The van der Waals surface area contributed by atoms with Crippen LogP contribution in [0.15, 0.2) is 83.8 Å². The minimum absolute atomic E-state index is 0.0636. The van der Waals surface area contributed by atoms with Crippen LogP contribution in [0.4, 0.5) is 5.69 Å². The highest BCUT2D eigenvalue weighted by Crippen LogP contribution is 2.22. The van der Waals surface area contributed by atoms with E-state index in [9.17, 15) is 9.59 Å². The fraction of sp³-hybridized carbons (Fsp3) is 0.0909. The van der Waals surface area contributed by atoms with Gasteiger partial charge >= 0.3 is 0 Å². The van der Waals surface area contributed by atoms with Crippen LogP contribution in [0.25, 0.3) is 0 Å². The van der Waals surface area contributed by atoms with Crippen LogP contribution in [0.2, 0.25) is 0 Å². The number of thioether (sulfide) groups is 1. The lowest BCUT2D eigenvalue weighted by molar-refractivity contribution is 0.101. The SMILES string of the molecule is COc1ccc(NC(=O)c2cccc(SCC(=O)c3ccccc3)c2)cc1. The number of anilines is 1. The number of methoxy groups -OCH3 is 1. The molecule has 0 radical (unpaired) electrons. The minimum atomic E-state index is -0.197. The molecule has 5 heteroatoms. The summed E-state index contributed by atoms with van der Waals surface area (Å²) in [6.45, 7) is 0. The summed E-state index contributed by atoms with van der Waals surface area (Å²) in [5.74, 6) is 0.924. The number of carbonyl (C=O) groups excluding carboxylic acids is 2. The van der Waals surface area contributed by atoms with Gasteiger partial charge in [0.15, 0.2) is 5.78 Å². The molecule has 0 bridgehead atoms. The molecule has 1 amide bonds. The van der Waals surface area contributed by atoms with Gasteiger partial charge in [0.1, 0.15) is 5.75 Å². The largest absolute Gasteiger partial charge is 0.497 e. The highest BCUT2D eigenvalue weighted by molar-refractivity contribution is 8.00. The van der Waals surface area contributed by atoms with Crippen LogP contribution in [-0.2, 0) is 0 Å². The highest BCUT2D eigenvalue weighted by atomic mass is 32.2. The van der Waals surface area contributed by atoms with Crippen molar-refractivity contribution in [3.63, 3.8) is 0 Å². The van der Waals surface area contributed by atoms with Gasteiger partial charge in [-0.2, -0.15) is 0 Å². The third-order valence-electron chi connectivity index (χ3n) is 3.91. The van der Waals surface area contributed by atoms with E-state index >= 15 is 0 Å². The first-order valence-electron chi connectivity index (χ1n) is 8.42. The predicted octanol–water partition coefficient (Wildman–Crippen LogP) is 4.92. The Balaban J connectivity index is 1.62. The zero-order valence-corrected chi connectivity index (χ0v) is 15.7. The number of Topliss-reactive ketones (excluding diaryl/α,β-unsaturated/α-hetero) is 1. The molecule has 136 valence electrons. The molecule has 27 heavy (non-hydrogen) atoms. The van der Waals surface area contributed by atoms with Crippen LogP contribution >= 0.6 is 11.8 Å². The number of ketones is 1. The quantitative estimate of drug-likeness (QED) is 0.469. The Bertz CT molecular complexity index is 924. The van der Waals surface area contributed by atoms with Gasteiger partial charge in [0.2, 0.25) is 0 Å². The van der Waals surface area contributed by atoms with Crippen molar-refractivity contribution in [3.8, 4) is 5.75 Å². The van der Waals surface area contributed by atoms with Gasteiger partial charge in [0.25, 0.3) is 5.91 Å². The normalized spacial score (nSPS) is 10.3. The molecule has 0 aliphatic heterocycles. The average molecular weight is 377 g/mol. The van der Waals surface area contributed by atoms with Crippen LogP contribution in [0, 0.1) is 0 Å². The fourth-order valence-corrected chi connectivity index (χ4v) is 3.31. The molecule has 0 spiro atoms. The zero-order valence-electron chi connectivity index (χ0n) is 14.8. The van der Waals surface area contributed by atoms with Gasteiger partial charge in [-0.3, -0.25) is 9.59 Å². The van der Waals surface area contributed by atoms with E-state index in [0.717, 1.165) is 10.6 Å². The Morgan fingerprint density at radius 1 is 0.889 bits per heavy atom. The Hall–Kier alpha value is -3.05. The van der Waals surface area contributed by atoms with Crippen LogP contribution in [0.1, 0.15) is 20.7 Å². The maximum atomic E-state index is 12.5. The molecular formula is C22H19NO3S. The molecule has 3 aromatic carbocycles. The van der Waals surface area contributed by atoms with Crippen molar-refractivity contribution < 1.29 is 14.3 Å². The summed E-state index contributed by atoms with van der Waals surface area (Å²) >= 11 is 1.42. The molecular weight excluding hydrogens is 358 g/mol. The topological polar surface area (TPSA) is 55.4 Å². The molecule has 0 atom stereocenters. The molecule has 0 heterocycles. The molecule has 1 N–H and O–H groups in total. The van der Waals surface area contributed by atoms with Crippen molar-refractivity contribution in [2.45, 2.75) is 4.90 Å². The first-order chi connectivity index (χ1) is 13.2. The number of ether oxygens (including phenoxy) is 1. The average Bonchev–Trinajstić information content (AvgIpc) is 2.73. The summed E-state index contributed by atoms with van der Waals surface area (Å²) in [4.78, 5) is 25.6. The van der Waals surface area contributed by atoms with Crippen LogP contribution in [0.5, 0.6) is 5.75 Å². The lowest BCUT2D eigenvalue weighted by Gasteiger charge is -2.08. The van der Waals surface area contributed by atoms with Crippen molar-refractivity contribution in [1.82, 2.24) is 0 Å². The van der Waals surface area contributed by atoms with E-state index in [1.165, 1.54) is 11.8 Å². The van der Waals surface area contributed by atoms with Gasteiger partial charge in [-0.05, 0) is 42.5 Å². The van der Waals surface area contributed by atoms with E-state index in [1.54, 1.807) is 43.5 Å². The Morgan fingerprint density at radius 2 is 1.59 bits per heavy atom. The van der Waals surface area contributed by atoms with Gasteiger partial charge in [0.05, 0.1) is 12.9 Å². The summed E-state index contributed by atoms with van der Waals surface area (Å²) in [7, 11) is 1.60. The van der Waals surface area contributed by atoms with E-state index in [-0.39, 0.29) is 11.7 Å². The fourth-order valence-electron chi connectivity index (χ4n) is 2.46. The van der Waals surface area contributed by atoms with Gasteiger partial charge in [0, 0.05) is 21.7 Å². The highest BCUT2D eigenvalue weighted by Gasteiger charge is 2.09. The summed E-state index contributed by atoms with van der Waals surface area (Å²) in [5.41, 5.74) is 1.93. The Kier molecular flexibility index (Phi) is 6.28. The molecule has 4 nitrogen and oxygen atoms in total. The van der Waals surface area contributed by atoms with Crippen molar-refractivity contribution in [3.05, 3.63) is 90.0 Å². The Labute approximate surface area is 162 Å². The van der Waals surface area contributed by atoms with Gasteiger partial charge in [-0.15, -0.1) is 11.8 Å². The standard InChI is InChI=1S/C22H19NO3S/c1-26-19-12-10-18(11-13-19)23-22(25)17-8-5-9-20(14-17)27-15-21(24)16-6-3-2-4-7-16/h2-14H,15H2,1H3,(H,23,25). The first kappa shape index (κ1) is 18.7. The number of nitrogens with one attached hydrogen (secondary N) is 1. The van der Waals surface area contributed by atoms with Gasteiger partial charge < -0.3 is 10.1 Å². The number of hydrogen-bond donors (Lipinski definition) is 1. The second kappa shape index (κ2) is 9.05. The lowest BCUT2D eigenvalue weighted by atomic mass is 10.2. The molecule has 0 unspecified atom stereocenters. The maximum Gasteiger partial charge on any atom is 0.255 e. The molecule has 0 saturated carbocycles. The number of hydrogen-bond acceptors (Lipinski definition) is 4. The third-order valence-corrected chi connectivity index (χ3v) is 4.90. The van der Waals surface area contributed by atoms with Gasteiger partial charge in [-0.1, -0.05) is 36.4 Å². The summed E-state index contributed by atoms with van der Waals surface area (Å²) < 4.78 is 5.11. The van der Waals surface area contributed by atoms with Crippen LogP contribution in [-0.4, -0.2) is 24.6 Å². The van der Waals surface area contributed by atoms with Crippen molar-refractivity contribution in [2.75, 3.05) is 18.2 Å². The second-order valence-corrected chi connectivity index (χ2v) is 6.84. The summed E-state index contributed by atoms with van der Waals surface area (Å²) in [5, 5.41) is 2.86. The van der Waals surface area contributed by atoms with E-state index in [2.05, 4.69) is 5.32 Å². The smallest absolute Gasteiger partial charge is 0.255 e. The van der Waals surface area contributed by atoms with Crippen LogP contribution < -0.4 is 10.1 Å². The molecule has 0 saturated heterocycles. The van der Waals surface area contributed by atoms with E-state index in [0.29, 0.717) is 22.6 Å². The molecule has 3 rings (SSSR count). The molecule has 0 aliphatic carbocycles. The second-order valence-electron chi connectivity index (χ2n) is 5.79. The van der Waals surface area contributed by atoms with Crippen molar-refractivity contribution in [1.29, 1.82) is 0 Å². The number of benzene rings is 3. The number of carbonyl (C=O) groups is 2. The van der Waals surface area contributed by atoms with Crippen molar-refractivity contribution in [2.24, 2.45) is 0 Å². The maximum absolute atomic E-state index is 12.5. The minimum Gasteiger partial charge on any atom is -0.497 e. The molecule has 3 aromatic rings. The van der Waals surface area contributed by atoms with Gasteiger partial charge in [-0.25, -0.2) is 0 Å². The first-order valence-corrected chi connectivity index (χ1v) is 9.41. The third kappa shape index (κ3) is 5.21. The monoisotopic (exact) mass is 377 g/mol. The van der Waals surface area contributed by atoms with Crippen LogP contribution in [0.3, 0.4) is 0 Å².